The fourth-order valence-electron chi connectivity index (χ4n) is 3.21. The fourth-order valence-corrected chi connectivity index (χ4v) is 3.89. The van der Waals surface area contributed by atoms with Gasteiger partial charge in [0.15, 0.2) is 5.83 Å². The first-order chi connectivity index (χ1) is 15.0. The van der Waals surface area contributed by atoms with Crippen molar-refractivity contribution in [2.75, 3.05) is 6.61 Å². The van der Waals surface area contributed by atoms with Crippen LogP contribution >= 0.6 is 23.2 Å². The third-order valence-electron chi connectivity index (χ3n) is 4.65. The molecular weight excluding hydrogens is 444 g/mol. The second kappa shape index (κ2) is 9.05. The van der Waals surface area contributed by atoms with Gasteiger partial charge in [0, 0.05) is 35.1 Å². The highest BCUT2D eigenvalue weighted by Gasteiger charge is 2.17. The summed E-state index contributed by atoms with van der Waals surface area (Å²) >= 11 is 12.4. The Balaban J connectivity index is 1.62. The summed E-state index contributed by atoms with van der Waals surface area (Å²) < 4.78 is 22.5. The van der Waals surface area contributed by atoms with E-state index in [1.807, 2.05) is 6.92 Å². The highest BCUT2D eigenvalue weighted by atomic mass is 35.5. The van der Waals surface area contributed by atoms with E-state index in [2.05, 4.69) is 20.3 Å². The van der Waals surface area contributed by atoms with Crippen LogP contribution in [0.1, 0.15) is 29.8 Å². The number of halogens is 3. The zero-order valence-corrected chi connectivity index (χ0v) is 17.9. The minimum absolute atomic E-state index is 0.0472. The standard InChI is InChI=1S/C21H18Cl2FN5O2/c1-12(20-16(22)9-25-10-17(20)23)31-14-2-3-19-15(7-14)21(28-27-19)18(24)6-13-8-26-29(11-13)4-5-30/h2-3,6-12,30H,4-5H2,1H3,(H,27,28)/b18-6-. The van der Waals surface area contributed by atoms with Gasteiger partial charge in [-0.3, -0.25) is 14.8 Å². The maximum atomic E-state index is 15.0. The largest absolute Gasteiger partial charge is 0.486 e. The van der Waals surface area contributed by atoms with Crippen molar-refractivity contribution in [3.8, 4) is 5.75 Å². The second-order valence-corrected chi connectivity index (χ2v) is 7.62. The summed E-state index contributed by atoms with van der Waals surface area (Å²) in [5.41, 5.74) is 2.00. The number of hydrogen-bond donors (Lipinski definition) is 2. The van der Waals surface area contributed by atoms with Gasteiger partial charge in [-0.1, -0.05) is 23.2 Å². The molecule has 1 atom stereocenters. The molecule has 0 aliphatic carbocycles. The van der Waals surface area contributed by atoms with E-state index >= 15 is 0 Å². The van der Waals surface area contributed by atoms with Gasteiger partial charge < -0.3 is 9.84 Å². The van der Waals surface area contributed by atoms with Crippen LogP contribution in [-0.4, -0.2) is 36.7 Å². The maximum Gasteiger partial charge on any atom is 0.152 e. The van der Waals surface area contributed by atoms with Gasteiger partial charge in [-0.25, -0.2) is 4.39 Å². The molecule has 2 N–H and O–H groups in total. The molecule has 1 unspecified atom stereocenters. The molecule has 0 saturated carbocycles. The van der Waals surface area contributed by atoms with E-state index in [0.717, 1.165) is 0 Å². The molecule has 10 heteroatoms. The van der Waals surface area contributed by atoms with Gasteiger partial charge in [0.1, 0.15) is 17.5 Å². The molecule has 0 aliphatic rings. The molecule has 1 aromatic carbocycles. The third kappa shape index (κ3) is 4.56. The molecule has 31 heavy (non-hydrogen) atoms. The van der Waals surface area contributed by atoms with Crippen LogP contribution in [0.4, 0.5) is 4.39 Å². The Bertz CT molecular complexity index is 1230. The molecule has 0 aliphatic heterocycles. The average Bonchev–Trinajstić information content (AvgIpc) is 3.34. The van der Waals surface area contributed by atoms with E-state index in [4.69, 9.17) is 33.0 Å². The van der Waals surface area contributed by atoms with Gasteiger partial charge in [0.05, 0.1) is 34.9 Å². The zero-order chi connectivity index (χ0) is 22.0. The molecule has 0 saturated heterocycles. The van der Waals surface area contributed by atoms with Crippen LogP contribution in [0.5, 0.6) is 5.75 Å². The van der Waals surface area contributed by atoms with Crippen LogP contribution in [0.25, 0.3) is 22.8 Å². The number of aliphatic hydroxyl groups is 1. The van der Waals surface area contributed by atoms with E-state index in [-0.39, 0.29) is 12.3 Å². The number of fused-ring (bicyclic) bond motifs is 1. The average molecular weight is 462 g/mol. The van der Waals surface area contributed by atoms with Gasteiger partial charge in [-0.05, 0) is 31.2 Å². The number of H-pyrrole nitrogens is 1. The van der Waals surface area contributed by atoms with Gasteiger partial charge in [-0.15, -0.1) is 0 Å². The van der Waals surface area contributed by atoms with Gasteiger partial charge in [0.25, 0.3) is 0 Å². The van der Waals surface area contributed by atoms with E-state index in [1.54, 1.807) is 24.4 Å². The molecular formula is C21H18Cl2FN5O2. The summed E-state index contributed by atoms with van der Waals surface area (Å²) in [5.74, 6) is -0.0182. The van der Waals surface area contributed by atoms with E-state index in [1.165, 1.54) is 29.3 Å². The lowest BCUT2D eigenvalue weighted by molar-refractivity contribution is 0.227. The Labute approximate surface area is 187 Å². The lowest BCUT2D eigenvalue weighted by Gasteiger charge is -2.17. The van der Waals surface area contributed by atoms with Crippen molar-refractivity contribution in [2.45, 2.75) is 19.6 Å². The van der Waals surface area contributed by atoms with Crippen molar-refractivity contribution in [2.24, 2.45) is 0 Å². The Hall–Kier alpha value is -2.94. The molecule has 3 aromatic heterocycles. The third-order valence-corrected chi connectivity index (χ3v) is 5.25. The fraction of sp³-hybridized carbons (Fsp3) is 0.190. The number of nitrogens with one attached hydrogen (secondary N) is 1. The summed E-state index contributed by atoms with van der Waals surface area (Å²) in [6.45, 7) is 2.11. The highest BCUT2D eigenvalue weighted by Crippen LogP contribution is 2.34. The second-order valence-electron chi connectivity index (χ2n) is 6.81. The predicted molar refractivity (Wildman–Crippen MR) is 118 cm³/mol. The highest BCUT2D eigenvalue weighted by molar-refractivity contribution is 6.35. The van der Waals surface area contributed by atoms with Crippen molar-refractivity contribution >= 4 is 46.0 Å². The number of rotatable bonds is 7. The lowest BCUT2D eigenvalue weighted by Crippen LogP contribution is -2.05. The van der Waals surface area contributed by atoms with E-state index in [0.29, 0.717) is 44.4 Å². The Morgan fingerprint density at radius 2 is 2.06 bits per heavy atom. The number of nitrogens with zero attached hydrogens (tertiary/aromatic N) is 4. The maximum absolute atomic E-state index is 15.0. The number of benzene rings is 1. The quantitative estimate of drug-likeness (QED) is 0.401. The molecule has 7 nitrogen and oxygen atoms in total. The molecule has 0 spiro atoms. The van der Waals surface area contributed by atoms with Crippen LogP contribution in [-0.2, 0) is 6.54 Å². The van der Waals surface area contributed by atoms with Crippen molar-refractivity contribution in [1.29, 1.82) is 0 Å². The Morgan fingerprint density at radius 3 is 2.81 bits per heavy atom. The molecule has 160 valence electrons. The first-order valence-corrected chi connectivity index (χ1v) is 10.2. The summed E-state index contributed by atoms with van der Waals surface area (Å²) in [6, 6.07) is 5.22. The van der Waals surface area contributed by atoms with Crippen LogP contribution in [0.2, 0.25) is 10.0 Å². The first-order valence-electron chi connectivity index (χ1n) is 9.41. The van der Waals surface area contributed by atoms with Crippen LogP contribution in [0.15, 0.2) is 43.0 Å². The monoisotopic (exact) mass is 461 g/mol. The van der Waals surface area contributed by atoms with Crippen molar-refractivity contribution < 1.29 is 14.2 Å². The normalized spacial score (nSPS) is 13.0. The smallest absolute Gasteiger partial charge is 0.152 e. The summed E-state index contributed by atoms with van der Waals surface area (Å²) in [6.07, 6.45) is 7.05. The number of aromatic nitrogens is 5. The molecule has 0 amide bonds. The minimum atomic E-state index is -0.528. The molecule has 4 aromatic rings. The molecule has 0 fully saturated rings. The first kappa shape index (κ1) is 21.3. The van der Waals surface area contributed by atoms with E-state index < -0.39 is 11.9 Å². The van der Waals surface area contributed by atoms with Crippen LogP contribution in [0.3, 0.4) is 0 Å². The van der Waals surface area contributed by atoms with Crippen LogP contribution < -0.4 is 4.74 Å². The topological polar surface area (TPSA) is 88.8 Å². The molecule has 0 radical (unpaired) electrons. The van der Waals surface area contributed by atoms with Gasteiger partial charge in [0.2, 0.25) is 0 Å². The van der Waals surface area contributed by atoms with Crippen molar-refractivity contribution in [1.82, 2.24) is 25.0 Å². The SMILES string of the molecule is CC(Oc1ccc2[nH]nc(/C(F)=C/c3cnn(CCO)c3)c2c1)c1c(Cl)cncc1Cl. The molecule has 3 heterocycles. The predicted octanol–water partition coefficient (Wildman–Crippen LogP) is 5.06. The van der Waals surface area contributed by atoms with Gasteiger partial charge in [-0.2, -0.15) is 10.2 Å². The zero-order valence-electron chi connectivity index (χ0n) is 16.4. The molecule has 0 bridgehead atoms. The summed E-state index contributed by atoms with van der Waals surface area (Å²) in [7, 11) is 0. The number of aliphatic hydroxyl groups excluding tert-OH is 1. The summed E-state index contributed by atoms with van der Waals surface area (Å²) in [5, 5.41) is 21.3. The Morgan fingerprint density at radius 1 is 1.29 bits per heavy atom. The Kier molecular flexibility index (Phi) is 6.22. The number of hydrogen-bond acceptors (Lipinski definition) is 5. The minimum Gasteiger partial charge on any atom is -0.486 e. The van der Waals surface area contributed by atoms with Crippen molar-refractivity contribution in [3.63, 3.8) is 0 Å². The summed E-state index contributed by atoms with van der Waals surface area (Å²) in [4.78, 5) is 3.95. The van der Waals surface area contributed by atoms with E-state index in [9.17, 15) is 4.39 Å². The van der Waals surface area contributed by atoms with Crippen LogP contribution in [0, 0.1) is 0 Å². The lowest BCUT2D eigenvalue weighted by atomic mass is 10.1. The van der Waals surface area contributed by atoms with Crippen molar-refractivity contribution in [3.05, 3.63) is 69.9 Å². The number of ether oxygens (including phenoxy) is 1. The van der Waals surface area contributed by atoms with Gasteiger partial charge >= 0.3 is 0 Å². The molecule has 4 rings (SSSR count). The number of pyridine rings is 1. The number of aromatic amines is 1.